The van der Waals surface area contributed by atoms with Crippen LogP contribution in [0.15, 0.2) is 30.5 Å². The molecule has 2 aromatic heterocycles. The summed E-state index contributed by atoms with van der Waals surface area (Å²) in [4.78, 5) is 4.79. The van der Waals surface area contributed by atoms with Crippen molar-refractivity contribution in [1.82, 2.24) is 14.0 Å². The average Bonchev–Trinajstić information content (AvgIpc) is 2.91. The molecule has 0 aliphatic rings. The van der Waals surface area contributed by atoms with Gasteiger partial charge in [-0.1, -0.05) is 32.9 Å². The van der Waals surface area contributed by atoms with Gasteiger partial charge in [-0.15, -0.1) is 11.6 Å². The quantitative estimate of drug-likeness (QED) is 0.662. The zero-order valence-corrected chi connectivity index (χ0v) is 13.0. The Kier molecular flexibility index (Phi) is 3.25. The van der Waals surface area contributed by atoms with Crippen LogP contribution in [-0.2, 0) is 12.0 Å². The molecule has 0 spiro atoms. The monoisotopic (exact) mass is 289 g/mol. The summed E-state index contributed by atoms with van der Waals surface area (Å²) in [5.41, 5.74) is 3.60. The third-order valence-corrected chi connectivity index (χ3v) is 3.91. The van der Waals surface area contributed by atoms with Crippen LogP contribution < -0.4 is 0 Å². The van der Waals surface area contributed by atoms with E-state index in [1.807, 2.05) is 6.07 Å². The van der Waals surface area contributed by atoms with Crippen molar-refractivity contribution < 1.29 is 0 Å². The van der Waals surface area contributed by atoms with Crippen molar-refractivity contribution in [3.63, 3.8) is 0 Å². The number of benzene rings is 1. The van der Waals surface area contributed by atoms with Crippen molar-refractivity contribution in [2.75, 3.05) is 5.88 Å². The normalized spacial score (nSPS) is 12.6. The highest BCUT2D eigenvalue weighted by Crippen LogP contribution is 2.28. The zero-order chi connectivity index (χ0) is 14.3. The number of aromatic nitrogens is 3. The fourth-order valence-electron chi connectivity index (χ4n) is 2.69. The fourth-order valence-corrected chi connectivity index (χ4v) is 2.81. The fraction of sp³-hybridized carbons (Fsp3) is 0.438. The number of imidazole rings is 2. The van der Waals surface area contributed by atoms with Gasteiger partial charge in [-0.3, -0.25) is 4.40 Å². The molecule has 1 aromatic carbocycles. The van der Waals surface area contributed by atoms with E-state index in [2.05, 4.69) is 54.1 Å². The lowest BCUT2D eigenvalue weighted by molar-refractivity contribution is 0.519. The second-order valence-corrected chi connectivity index (χ2v) is 6.61. The number of para-hydroxylation sites is 2. The van der Waals surface area contributed by atoms with Crippen molar-refractivity contribution in [1.29, 1.82) is 0 Å². The van der Waals surface area contributed by atoms with E-state index in [1.54, 1.807) is 0 Å². The predicted octanol–water partition coefficient (Wildman–Crippen LogP) is 4.22. The molecular formula is C16H20ClN3. The van der Waals surface area contributed by atoms with Gasteiger partial charge in [0.1, 0.15) is 0 Å². The van der Waals surface area contributed by atoms with Gasteiger partial charge >= 0.3 is 0 Å². The minimum Gasteiger partial charge on any atom is -0.313 e. The van der Waals surface area contributed by atoms with Gasteiger partial charge in [-0.25, -0.2) is 4.98 Å². The second kappa shape index (κ2) is 4.81. The average molecular weight is 290 g/mol. The van der Waals surface area contributed by atoms with Crippen LogP contribution in [-0.4, -0.2) is 19.8 Å². The Morgan fingerprint density at radius 1 is 1.20 bits per heavy atom. The van der Waals surface area contributed by atoms with Crippen LogP contribution in [0.5, 0.6) is 0 Å². The Balaban J connectivity index is 2.28. The van der Waals surface area contributed by atoms with E-state index in [-0.39, 0.29) is 5.41 Å². The predicted molar refractivity (Wildman–Crippen MR) is 84.7 cm³/mol. The third-order valence-electron chi connectivity index (χ3n) is 3.64. The number of aryl methyl sites for hydroxylation is 1. The molecule has 0 radical (unpaired) electrons. The van der Waals surface area contributed by atoms with Gasteiger partial charge < -0.3 is 4.57 Å². The van der Waals surface area contributed by atoms with E-state index in [0.29, 0.717) is 5.88 Å². The van der Waals surface area contributed by atoms with E-state index in [9.17, 15) is 0 Å². The Hall–Kier alpha value is -1.48. The van der Waals surface area contributed by atoms with Crippen LogP contribution >= 0.6 is 11.6 Å². The highest BCUT2D eigenvalue weighted by molar-refractivity contribution is 6.17. The number of nitrogens with zero attached hydrogens (tertiary/aromatic N) is 3. The number of halogens is 1. The third kappa shape index (κ3) is 2.10. The van der Waals surface area contributed by atoms with E-state index in [0.717, 1.165) is 29.8 Å². The Labute approximate surface area is 124 Å². The first-order valence-corrected chi connectivity index (χ1v) is 7.58. The summed E-state index contributed by atoms with van der Waals surface area (Å²) in [7, 11) is 0. The van der Waals surface area contributed by atoms with Crippen LogP contribution in [0.4, 0.5) is 0 Å². The Bertz CT molecular complexity index is 746. The summed E-state index contributed by atoms with van der Waals surface area (Å²) in [6.07, 6.45) is 3.18. The molecule has 2 heterocycles. The van der Waals surface area contributed by atoms with Gasteiger partial charge in [0.2, 0.25) is 5.78 Å². The molecular weight excluding hydrogens is 270 g/mol. The minimum absolute atomic E-state index is 0.0914. The number of fused-ring (bicyclic) bond motifs is 3. The lowest BCUT2D eigenvalue weighted by atomic mass is 9.92. The molecule has 4 heteroatoms. The summed E-state index contributed by atoms with van der Waals surface area (Å²) >= 11 is 5.87. The molecule has 3 rings (SSSR count). The van der Waals surface area contributed by atoms with E-state index < -0.39 is 0 Å². The van der Waals surface area contributed by atoms with Gasteiger partial charge in [0, 0.05) is 29.7 Å². The zero-order valence-electron chi connectivity index (χ0n) is 12.2. The number of hydrogen-bond acceptors (Lipinski definition) is 1. The van der Waals surface area contributed by atoms with Gasteiger partial charge in [0.05, 0.1) is 11.0 Å². The molecule has 0 amide bonds. The lowest BCUT2D eigenvalue weighted by Crippen LogP contribution is -2.18. The van der Waals surface area contributed by atoms with Gasteiger partial charge in [-0.05, 0) is 18.6 Å². The molecule has 0 N–H and O–H groups in total. The van der Waals surface area contributed by atoms with Crippen molar-refractivity contribution >= 4 is 28.4 Å². The first-order chi connectivity index (χ1) is 9.52. The van der Waals surface area contributed by atoms with Crippen molar-refractivity contribution in [2.24, 2.45) is 0 Å². The maximum atomic E-state index is 5.87. The Morgan fingerprint density at radius 3 is 2.65 bits per heavy atom. The maximum Gasteiger partial charge on any atom is 0.215 e. The number of hydrogen-bond donors (Lipinski definition) is 0. The Morgan fingerprint density at radius 2 is 1.95 bits per heavy atom. The maximum absolute atomic E-state index is 5.87. The van der Waals surface area contributed by atoms with Crippen LogP contribution in [0.2, 0.25) is 0 Å². The molecule has 0 unspecified atom stereocenters. The van der Waals surface area contributed by atoms with Crippen molar-refractivity contribution in [3.8, 4) is 0 Å². The van der Waals surface area contributed by atoms with E-state index >= 15 is 0 Å². The standard InChI is InChI=1S/C16H20ClN3/c1-16(2,3)14-11-20-13-8-5-4-7-12(13)18-15(20)19(14)10-6-9-17/h4-5,7-8,11H,6,9-10H2,1-3H3. The number of alkyl halides is 1. The molecule has 20 heavy (non-hydrogen) atoms. The topological polar surface area (TPSA) is 22.2 Å². The summed E-state index contributed by atoms with van der Waals surface area (Å²) in [5, 5.41) is 0. The molecule has 106 valence electrons. The molecule has 3 aromatic rings. The van der Waals surface area contributed by atoms with Gasteiger partial charge in [0.25, 0.3) is 0 Å². The van der Waals surface area contributed by atoms with E-state index in [1.165, 1.54) is 5.69 Å². The van der Waals surface area contributed by atoms with Crippen LogP contribution in [0, 0.1) is 0 Å². The molecule has 0 saturated heterocycles. The summed E-state index contributed by atoms with van der Waals surface area (Å²) in [5.74, 6) is 1.69. The molecule has 0 atom stereocenters. The van der Waals surface area contributed by atoms with E-state index in [4.69, 9.17) is 16.6 Å². The SMILES string of the molecule is CC(C)(C)c1cn2c3ccccc3nc2n1CCCCl. The smallest absolute Gasteiger partial charge is 0.215 e. The summed E-state index contributed by atoms with van der Waals surface area (Å²) in [6, 6.07) is 8.27. The molecule has 0 aliphatic carbocycles. The molecule has 0 aliphatic heterocycles. The first kappa shape index (κ1) is 13.5. The molecule has 0 bridgehead atoms. The van der Waals surface area contributed by atoms with Crippen LogP contribution in [0.3, 0.4) is 0 Å². The summed E-state index contributed by atoms with van der Waals surface area (Å²) < 4.78 is 4.51. The second-order valence-electron chi connectivity index (χ2n) is 6.23. The highest BCUT2D eigenvalue weighted by atomic mass is 35.5. The van der Waals surface area contributed by atoms with Gasteiger partial charge in [0.15, 0.2) is 0 Å². The highest BCUT2D eigenvalue weighted by Gasteiger charge is 2.22. The lowest BCUT2D eigenvalue weighted by Gasteiger charge is -2.20. The van der Waals surface area contributed by atoms with Crippen LogP contribution in [0.1, 0.15) is 32.9 Å². The molecule has 0 saturated carbocycles. The molecule has 3 nitrogen and oxygen atoms in total. The molecule has 0 fully saturated rings. The number of rotatable bonds is 3. The van der Waals surface area contributed by atoms with Crippen molar-refractivity contribution in [2.45, 2.75) is 39.2 Å². The summed E-state index contributed by atoms with van der Waals surface area (Å²) in [6.45, 7) is 7.62. The minimum atomic E-state index is 0.0914. The first-order valence-electron chi connectivity index (χ1n) is 7.05. The van der Waals surface area contributed by atoms with Crippen LogP contribution in [0.25, 0.3) is 16.8 Å². The van der Waals surface area contributed by atoms with Crippen molar-refractivity contribution in [3.05, 3.63) is 36.2 Å². The largest absolute Gasteiger partial charge is 0.313 e. The van der Waals surface area contributed by atoms with Gasteiger partial charge in [-0.2, -0.15) is 0 Å².